The van der Waals surface area contributed by atoms with Crippen LogP contribution >= 0.6 is 11.8 Å². The highest BCUT2D eigenvalue weighted by atomic mass is 32.2. The second-order valence-corrected chi connectivity index (χ2v) is 8.32. The average molecular weight is 377 g/mol. The Morgan fingerprint density at radius 3 is 2.85 bits per heavy atom. The van der Waals surface area contributed by atoms with Crippen molar-refractivity contribution in [1.29, 1.82) is 0 Å². The molecule has 2 aromatic rings. The van der Waals surface area contributed by atoms with Gasteiger partial charge in [0.05, 0.1) is 18.1 Å². The standard InChI is InChI=1S/C18H28N6OS/c1-4-26-18-22-15(20-10-12(2)3)14-11-21-24(16(14)23-18)9-8-19-17(25)13-6-5-7-13/h11-13H,4-10H2,1-3H3,(H,19,25)(H,20,22,23). The number of nitrogens with one attached hydrogen (secondary N) is 2. The van der Waals surface area contributed by atoms with Gasteiger partial charge in [-0.1, -0.05) is 39.0 Å². The van der Waals surface area contributed by atoms with Crippen LogP contribution in [0.15, 0.2) is 11.4 Å². The summed E-state index contributed by atoms with van der Waals surface area (Å²) >= 11 is 1.62. The molecule has 0 saturated heterocycles. The smallest absolute Gasteiger partial charge is 0.223 e. The van der Waals surface area contributed by atoms with Gasteiger partial charge in [0.25, 0.3) is 0 Å². The molecule has 0 bridgehead atoms. The quantitative estimate of drug-likeness (QED) is 0.517. The molecule has 7 nitrogen and oxygen atoms in total. The van der Waals surface area contributed by atoms with Gasteiger partial charge in [-0.05, 0) is 24.5 Å². The second-order valence-electron chi connectivity index (χ2n) is 7.09. The molecular formula is C18H28N6OS. The van der Waals surface area contributed by atoms with Crippen LogP contribution in [0, 0.1) is 11.8 Å². The van der Waals surface area contributed by atoms with Crippen LogP contribution in [0.1, 0.15) is 40.0 Å². The van der Waals surface area contributed by atoms with E-state index in [1.807, 2.05) is 10.9 Å². The van der Waals surface area contributed by atoms with Gasteiger partial charge < -0.3 is 10.6 Å². The molecule has 0 spiro atoms. The average Bonchev–Trinajstić information content (AvgIpc) is 2.94. The van der Waals surface area contributed by atoms with Crippen molar-refractivity contribution in [2.45, 2.75) is 51.7 Å². The summed E-state index contributed by atoms with van der Waals surface area (Å²) < 4.78 is 1.86. The number of anilines is 1. The molecule has 0 aliphatic heterocycles. The van der Waals surface area contributed by atoms with Crippen molar-refractivity contribution < 1.29 is 4.79 Å². The van der Waals surface area contributed by atoms with Crippen molar-refractivity contribution in [2.24, 2.45) is 11.8 Å². The van der Waals surface area contributed by atoms with E-state index in [1.165, 1.54) is 6.42 Å². The highest BCUT2D eigenvalue weighted by Crippen LogP contribution is 2.26. The first-order chi connectivity index (χ1) is 12.6. The molecule has 1 amide bonds. The topological polar surface area (TPSA) is 84.7 Å². The van der Waals surface area contributed by atoms with Crippen molar-refractivity contribution in [3.8, 4) is 0 Å². The summed E-state index contributed by atoms with van der Waals surface area (Å²) in [7, 11) is 0. The second kappa shape index (κ2) is 8.70. The maximum absolute atomic E-state index is 12.0. The van der Waals surface area contributed by atoms with Crippen LogP contribution in [0.2, 0.25) is 0 Å². The van der Waals surface area contributed by atoms with Crippen LogP contribution in [-0.2, 0) is 11.3 Å². The van der Waals surface area contributed by atoms with Crippen LogP contribution in [-0.4, -0.2) is 44.5 Å². The largest absolute Gasteiger partial charge is 0.369 e. The number of carbonyl (C=O) groups is 1. The number of aromatic nitrogens is 4. The number of nitrogens with zero attached hydrogens (tertiary/aromatic N) is 4. The molecule has 3 rings (SSSR count). The van der Waals surface area contributed by atoms with E-state index in [9.17, 15) is 4.79 Å². The Balaban J connectivity index is 1.73. The monoisotopic (exact) mass is 376 g/mol. The molecule has 1 aliphatic carbocycles. The molecule has 0 unspecified atom stereocenters. The summed E-state index contributed by atoms with van der Waals surface area (Å²) in [5.74, 6) is 2.67. The highest BCUT2D eigenvalue weighted by molar-refractivity contribution is 7.99. The van der Waals surface area contributed by atoms with Crippen LogP contribution < -0.4 is 10.6 Å². The highest BCUT2D eigenvalue weighted by Gasteiger charge is 2.24. The molecule has 0 atom stereocenters. The van der Waals surface area contributed by atoms with Crippen molar-refractivity contribution in [3.05, 3.63) is 6.20 Å². The molecule has 8 heteroatoms. The van der Waals surface area contributed by atoms with Gasteiger partial charge in [0, 0.05) is 19.0 Å². The van der Waals surface area contributed by atoms with E-state index in [-0.39, 0.29) is 11.8 Å². The van der Waals surface area contributed by atoms with Gasteiger partial charge in [-0.25, -0.2) is 14.6 Å². The van der Waals surface area contributed by atoms with E-state index in [1.54, 1.807) is 11.8 Å². The van der Waals surface area contributed by atoms with Gasteiger partial charge in [0.15, 0.2) is 10.8 Å². The first-order valence-electron chi connectivity index (χ1n) is 9.46. The lowest BCUT2D eigenvalue weighted by Gasteiger charge is -2.23. The van der Waals surface area contributed by atoms with E-state index in [0.717, 1.165) is 47.1 Å². The zero-order valence-corrected chi connectivity index (χ0v) is 16.6. The zero-order valence-electron chi connectivity index (χ0n) is 15.8. The fourth-order valence-corrected chi connectivity index (χ4v) is 3.39. The Morgan fingerprint density at radius 1 is 1.38 bits per heavy atom. The van der Waals surface area contributed by atoms with Crippen LogP contribution in [0.25, 0.3) is 11.0 Å². The van der Waals surface area contributed by atoms with E-state index >= 15 is 0 Å². The van der Waals surface area contributed by atoms with Crippen LogP contribution in [0.4, 0.5) is 5.82 Å². The summed E-state index contributed by atoms with van der Waals surface area (Å²) in [6.45, 7) is 8.46. The molecule has 2 N–H and O–H groups in total. The molecular weight excluding hydrogens is 348 g/mol. The molecule has 1 fully saturated rings. The number of rotatable bonds is 9. The van der Waals surface area contributed by atoms with Gasteiger partial charge in [0.1, 0.15) is 5.82 Å². The fraction of sp³-hybridized carbons (Fsp3) is 0.667. The predicted molar refractivity (Wildman–Crippen MR) is 105 cm³/mol. The first kappa shape index (κ1) is 18.9. The van der Waals surface area contributed by atoms with Crippen molar-refractivity contribution in [1.82, 2.24) is 25.1 Å². The van der Waals surface area contributed by atoms with E-state index in [2.05, 4.69) is 46.5 Å². The number of hydrogen-bond acceptors (Lipinski definition) is 6. The van der Waals surface area contributed by atoms with Gasteiger partial charge in [-0.2, -0.15) is 5.10 Å². The SMILES string of the molecule is CCSc1nc(NCC(C)C)c2cnn(CCNC(=O)C3CCC3)c2n1. The molecule has 1 saturated carbocycles. The Hall–Kier alpha value is -1.83. The molecule has 2 heterocycles. The third-order valence-corrected chi connectivity index (χ3v) is 5.26. The minimum Gasteiger partial charge on any atom is -0.369 e. The first-order valence-corrected chi connectivity index (χ1v) is 10.4. The minimum atomic E-state index is 0.170. The zero-order chi connectivity index (χ0) is 18.5. The Kier molecular flexibility index (Phi) is 6.34. The molecule has 26 heavy (non-hydrogen) atoms. The molecule has 142 valence electrons. The third-order valence-electron chi connectivity index (χ3n) is 4.53. The normalized spacial score (nSPS) is 14.6. The Morgan fingerprint density at radius 2 is 2.19 bits per heavy atom. The maximum Gasteiger partial charge on any atom is 0.223 e. The minimum absolute atomic E-state index is 0.170. The summed E-state index contributed by atoms with van der Waals surface area (Å²) in [6, 6.07) is 0. The van der Waals surface area contributed by atoms with Crippen molar-refractivity contribution in [3.63, 3.8) is 0 Å². The van der Waals surface area contributed by atoms with Gasteiger partial charge in [0.2, 0.25) is 5.91 Å². The lowest BCUT2D eigenvalue weighted by atomic mass is 9.85. The van der Waals surface area contributed by atoms with Crippen molar-refractivity contribution >= 4 is 34.5 Å². The number of thioether (sulfide) groups is 1. The van der Waals surface area contributed by atoms with E-state index in [4.69, 9.17) is 0 Å². The molecule has 2 aromatic heterocycles. The summed E-state index contributed by atoms with van der Waals surface area (Å²) in [4.78, 5) is 21.3. The lowest BCUT2D eigenvalue weighted by Crippen LogP contribution is -2.36. The van der Waals surface area contributed by atoms with Gasteiger partial charge in [-0.15, -0.1) is 0 Å². The summed E-state index contributed by atoms with van der Waals surface area (Å²) in [5.41, 5.74) is 0.820. The Bertz CT molecular complexity index is 755. The fourth-order valence-electron chi connectivity index (χ4n) is 2.83. The van der Waals surface area contributed by atoms with E-state index in [0.29, 0.717) is 19.0 Å². The van der Waals surface area contributed by atoms with Crippen LogP contribution in [0.3, 0.4) is 0 Å². The summed E-state index contributed by atoms with van der Waals surface area (Å²) in [5, 5.41) is 12.6. The van der Waals surface area contributed by atoms with E-state index < -0.39 is 0 Å². The van der Waals surface area contributed by atoms with Crippen LogP contribution in [0.5, 0.6) is 0 Å². The van der Waals surface area contributed by atoms with Crippen molar-refractivity contribution in [2.75, 3.05) is 24.2 Å². The third kappa shape index (κ3) is 4.47. The lowest BCUT2D eigenvalue weighted by molar-refractivity contribution is -0.127. The molecule has 0 radical (unpaired) electrons. The molecule has 1 aliphatic rings. The number of amides is 1. The van der Waals surface area contributed by atoms with Gasteiger partial charge >= 0.3 is 0 Å². The van der Waals surface area contributed by atoms with Gasteiger partial charge in [-0.3, -0.25) is 4.79 Å². The maximum atomic E-state index is 12.0. The molecule has 0 aromatic carbocycles. The Labute approximate surface area is 158 Å². The number of fused-ring (bicyclic) bond motifs is 1. The number of hydrogen-bond donors (Lipinski definition) is 2. The predicted octanol–water partition coefficient (Wildman–Crippen LogP) is 2.92. The number of carbonyl (C=O) groups excluding carboxylic acids is 1. The summed E-state index contributed by atoms with van der Waals surface area (Å²) in [6.07, 6.45) is 5.02.